The number of hydrogen-bond acceptors (Lipinski definition) is 5. The normalized spacial score (nSPS) is 10.6. The van der Waals surface area contributed by atoms with Gasteiger partial charge in [0.15, 0.2) is 0 Å². The van der Waals surface area contributed by atoms with Gasteiger partial charge in [0.2, 0.25) is 5.91 Å². The minimum atomic E-state index is -0.00299. The molecule has 124 valence electrons. The summed E-state index contributed by atoms with van der Waals surface area (Å²) in [4.78, 5) is 17.9. The third-order valence-corrected chi connectivity index (χ3v) is 4.64. The number of carbonyl (C=O) groups excluding carboxylic acids is 1. The summed E-state index contributed by atoms with van der Waals surface area (Å²) in [5.74, 6) is -0.00299. The molecule has 0 fully saturated rings. The molecule has 24 heavy (non-hydrogen) atoms. The Kier molecular flexibility index (Phi) is 4.61. The van der Waals surface area contributed by atoms with Gasteiger partial charge in [-0.3, -0.25) is 9.48 Å². The number of hydrogen-bond donors (Lipinski definition) is 1. The van der Waals surface area contributed by atoms with E-state index in [-0.39, 0.29) is 5.91 Å². The minimum absolute atomic E-state index is 0.00299. The number of nitrogens with one attached hydrogen (secondary N) is 1. The van der Waals surface area contributed by atoms with Crippen molar-refractivity contribution in [2.24, 2.45) is 7.05 Å². The maximum Gasteiger partial charge on any atom is 0.223 e. The Morgan fingerprint density at radius 2 is 2.17 bits per heavy atom. The molecule has 2 heterocycles. The minimum Gasteiger partial charge on any atom is -0.378 e. The maximum atomic E-state index is 11.6. The lowest BCUT2D eigenvalue weighted by atomic mass is 10.2. The van der Waals surface area contributed by atoms with Crippen LogP contribution in [0.2, 0.25) is 0 Å². The largest absolute Gasteiger partial charge is 0.378 e. The summed E-state index contributed by atoms with van der Waals surface area (Å²) in [6.45, 7) is 2.15. The van der Waals surface area contributed by atoms with E-state index < -0.39 is 0 Å². The van der Waals surface area contributed by atoms with Crippen molar-refractivity contribution in [3.05, 3.63) is 47.7 Å². The Bertz CT molecular complexity index is 854. The predicted octanol–water partition coefficient (Wildman–Crippen LogP) is 3.14. The number of para-hydroxylation sites is 2. The number of aromatic nitrogens is 3. The smallest absolute Gasteiger partial charge is 0.223 e. The van der Waals surface area contributed by atoms with E-state index >= 15 is 0 Å². The fraction of sp³-hybridized carbons (Fsp3) is 0.235. The zero-order chi connectivity index (χ0) is 17.1. The summed E-state index contributed by atoms with van der Waals surface area (Å²) in [6, 6.07) is 7.75. The van der Waals surface area contributed by atoms with Gasteiger partial charge in [-0.2, -0.15) is 5.10 Å². The third kappa shape index (κ3) is 3.46. The summed E-state index contributed by atoms with van der Waals surface area (Å²) in [5.41, 5.74) is 3.74. The Balaban J connectivity index is 1.73. The van der Waals surface area contributed by atoms with Crippen LogP contribution in [-0.4, -0.2) is 27.7 Å². The Labute approximate surface area is 144 Å². The van der Waals surface area contributed by atoms with Crippen LogP contribution in [-0.2, 0) is 18.4 Å². The van der Waals surface area contributed by atoms with Gasteiger partial charge in [-0.25, -0.2) is 4.98 Å². The lowest BCUT2D eigenvalue weighted by Gasteiger charge is -2.19. The van der Waals surface area contributed by atoms with Crippen molar-refractivity contribution in [3.8, 4) is 10.6 Å². The van der Waals surface area contributed by atoms with Gasteiger partial charge in [0.1, 0.15) is 5.01 Å². The van der Waals surface area contributed by atoms with Crippen molar-refractivity contribution >= 4 is 28.6 Å². The molecule has 6 nitrogen and oxygen atoms in total. The number of benzene rings is 1. The van der Waals surface area contributed by atoms with E-state index in [2.05, 4.69) is 15.4 Å². The molecule has 0 unspecified atom stereocenters. The highest BCUT2D eigenvalue weighted by Gasteiger charge is 2.11. The van der Waals surface area contributed by atoms with Crippen molar-refractivity contribution in [1.82, 2.24) is 14.8 Å². The molecule has 1 amide bonds. The van der Waals surface area contributed by atoms with Crippen molar-refractivity contribution in [3.63, 3.8) is 0 Å². The van der Waals surface area contributed by atoms with Crippen molar-refractivity contribution in [1.29, 1.82) is 0 Å². The summed E-state index contributed by atoms with van der Waals surface area (Å²) in [5, 5.41) is 10.5. The first-order valence-electron chi connectivity index (χ1n) is 7.55. The van der Waals surface area contributed by atoms with Crippen molar-refractivity contribution in [2.75, 3.05) is 17.3 Å². The fourth-order valence-electron chi connectivity index (χ4n) is 2.32. The third-order valence-electron chi connectivity index (χ3n) is 3.70. The molecule has 7 heteroatoms. The van der Waals surface area contributed by atoms with Gasteiger partial charge in [0.05, 0.1) is 29.8 Å². The van der Waals surface area contributed by atoms with Gasteiger partial charge in [0.25, 0.3) is 0 Å². The first-order chi connectivity index (χ1) is 11.5. The monoisotopic (exact) mass is 341 g/mol. The molecule has 0 saturated carbocycles. The number of anilines is 2. The van der Waals surface area contributed by atoms with E-state index in [1.54, 1.807) is 34.9 Å². The standard InChI is InChI=1S/C17H19N5OS/c1-12(23)22(3)16-7-5-4-6-15(16)18-9-14-11-24-17(20-14)13-8-19-21(2)10-13/h4-8,10-11,18H,9H2,1-3H3. The van der Waals surface area contributed by atoms with Crippen LogP contribution in [0.3, 0.4) is 0 Å². The summed E-state index contributed by atoms with van der Waals surface area (Å²) < 4.78 is 1.77. The molecular formula is C17H19N5OS. The Morgan fingerprint density at radius 1 is 1.38 bits per heavy atom. The van der Waals surface area contributed by atoms with E-state index in [4.69, 9.17) is 0 Å². The van der Waals surface area contributed by atoms with Gasteiger partial charge < -0.3 is 10.2 Å². The number of thiazole rings is 1. The number of amides is 1. The molecule has 0 aliphatic heterocycles. The SMILES string of the molecule is CC(=O)N(C)c1ccccc1NCc1csc(-c2cnn(C)c2)n1. The van der Waals surface area contributed by atoms with E-state index in [9.17, 15) is 4.79 Å². The van der Waals surface area contributed by atoms with Crippen molar-refractivity contribution in [2.45, 2.75) is 13.5 Å². The van der Waals surface area contributed by atoms with E-state index in [0.29, 0.717) is 6.54 Å². The van der Waals surface area contributed by atoms with Crippen LogP contribution in [0, 0.1) is 0 Å². The van der Waals surface area contributed by atoms with Crippen LogP contribution in [0.5, 0.6) is 0 Å². The molecule has 0 radical (unpaired) electrons. The second-order valence-electron chi connectivity index (χ2n) is 5.50. The lowest BCUT2D eigenvalue weighted by Crippen LogP contribution is -2.23. The van der Waals surface area contributed by atoms with Gasteiger partial charge in [-0.05, 0) is 12.1 Å². The zero-order valence-corrected chi connectivity index (χ0v) is 14.7. The molecule has 0 aliphatic rings. The Morgan fingerprint density at radius 3 is 2.88 bits per heavy atom. The van der Waals surface area contributed by atoms with E-state index in [1.165, 1.54) is 0 Å². The summed E-state index contributed by atoms with van der Waals surface area (Å²) in [6.07, 6.45) is 3.76. The van der Waals surface area contributed by atoms with Crippen LogP contribution >= 0.6 is 11.3 Å². The highest BCUT2D eigenvalue weighted by molar-refractivity contribution is 7.13. The molecule has 3 rings (SSSR count). The lowest BCUT2D eigenvalue weighted by molar-refractivity contribution is -0.116. The molecule has 0 bridgehead atoms. The first-order valence-corrected chi connectivity index (χ1v) is 8.43. The molecule has 0 aliphatic carbocycles. The second kappa shape index (κ2) is 6.84. The van der Waals surface area contributed by atoms with Crippen LogP contribution in [0.4, 0.5) is 11.4 Å². The van der Waals surface area contributed by atoms with E-state index in [0.717, 1.165) is 27.6 Å². The highest BCUT2D eigenvalue weighted by atomic mass is 32.1. The van der Waals surface area contributed by atoms with Gasteiger partial charge in [0, 0.05) is 38.2 Å². The number of nitrogens with zero attached hydrogens (tertiary/aromatic N) is 4. The first kappa shape index (κ1) is 16.2. The van der Waals surface area contributed by atoms with Crippen LogP contribution in [0.15, 0.2) is 42.0 Å². The average Bonchev–Trinajstić information content (AvgIpc) is 3.21. The molecule has 2 aromatic heterocycles. The van der Waals surface area contributed by atoms with Crippen LogP contribution < -0.4 is 10.2 Å². The molecular weight excluding hydrogens is 322 g/mol. The maximum absolute atomic E-state index is 11.6. The van der Waals surface area contributed by atoms with E-state index in [1.807, 2.05) is 49.1 Å². The molecule has 3 aromatic rings. The van der Waals surface area contributed by atoms with Crippen LogP contribution in [0.1, 0.15) is 12.6 Å². The molecule has 0 atom stereocenters. The highest BCUT2D eigenvalue weighted by Crippen LogP contribution is 2.27. The topological polar surface area (TPSA) is 63.1 Å². The summed E-state index contributed by atoms with van der Waals surface area (Å²) >= 11 is 1.60. The molecule has 0 saturated heterocycles. The predicted molar refractivity (Wildman–Crippen MR) is 97.2 cm³/mol. The molecule has 1 N–H and O–H groups in total. The van der Waals surface area contributed by atoms with Gasteiger partial charge >= 0.3 is 0 Å². The second-order valence-corrected chi connectivity index (χ2v) is 6.35. The van der Waals surface area contributed by atoms with Gasteiger partial charge in [-0.15, -0.1) is 11.3 Å². The zero-order valence-electron chi connectivity index (χ0n) is 13.9. The molecule has 0 spiro atoms. The summed E-state index contributed by atoms with van der Waals surface area (Å²) in [7, 11) is 3.66. The fourth-order valence-corrected chi connectivity index (χ4v) is 3.12. The average molecular weight is 341 g/mol. The molecule has 1 aromatic carbocycles. The Hall–Kier alpha value is -2.67. The number of aryl methyl sites for hydroxylation is 1. The van der Waals surface area contributed by atoms with Crippen molar-refractivity contribution < 1.29 is 4.79 Å². The number of rotatable bonds is 5. The van der Waals surface area contributed by atoms with Crippen LogP contribution in [0.25, 0.3) is 10.6 Å². The van der Waals surface area contributed by atoms with Gasteiger partial charge in [-0.1, -0.05) is 12.1 Å². The quantitative estimate of drug-likeness (QED) is 0.774. The number of carbonyl (C=O) groups is 1.